The summed E-state index contributed by atoms with van der Waals surface area (Å²) in [6.45, 7) is 5.28. The number of ether oxygens (including phenoxy) is 2. The van der Waals surface area contributed by atoms with Crippen LogP contribution in [-0.4, -0.2) is 55.4 Å². The first kappa shape index (κ1) is 15.4. The van der Waals surface area contributed by atoms with E-state index >= 15 is 0 Å². The molecular formula is C12H23N5O2. The van der Waals surface area contributed by atoms with E-state index in [4.69, 9.17) is 9.47 Å². The van der Waals surface area contributed by atoms with E-state index in [2.05, 4.69) is 27.2 Å². The van der Waals surface area contributed by atoms with Crippen molar-refractivity contribution in [2.24, 2.45) is 0 Å². The monoisotopic (exact) mass is 269 g/mol. The Bertz CT molecular complexity index is 386. The first-order valence-electron chi connectivity index (χ1n) is 6.39. The maximum atomic E-state index is 5.61. The summed E-state index contributed by atoms with van der Waals surface area (Å²) in [7, 11) is 5.38. The van der Waals surface area contributed by atoms with Gasteiger partial charge in [0, 0.05) is 27.7 Å². The van der Waals surface area contributed by atoms with Crippen LogP contribution in [-0.2, 0) is 4.74 Å². The van der Waals surface area contributed by atoms with Gasteiger partial charge in [-0.15, -0.1) is 0 Å². The largest absolute Gasteiger partial charge is 0.458 e. The quantitative estimate of drug-likeness (QED) is 0.759. The van der Waals surface area contributed by atoms with Crippen LogP contribution in [0.5, 0.6) is 6.01 Å². The fraction of sp³-hybridized carbons (Fsp3) is 0.750. The molecule has 0 fully saturated rings. The van der Waals surface area contributed by atoms with Crippen LogP contribution in [0.25, 0.3) is 0 Å². The third-order valence-corrected chi connectivity index (χ3v) is 2.24. The molecule has 1 aromatic heterocycles. The second-order valence-corrected chi connectivity index (χ2v) is 4.45. The summed E-state index contributed by atoms with van der Waals surface area (Å²) in [5.41, 5.74) is 0. The zero-order valence-electron chi connectivity index (χ0n) is 12.3. The van der Waals surface area contributed by atoms with E-state index in [1.807, 2.05) is 25.9 Å². The molecule has 7 nitrogen and oxygen atoms in total. The smallest absolute Gasteiger partial charge is 0.323 e. The molecule has 1 rings (SSSR count). The van der Waals surface area contributed by atoms with Crippen LogP contribution in [0.15, 0.2) is 0 Å². The Hall–Kier alpha value is -1.63. The van der Waals surface area contributed by atoms with Gasteiger partial charge in [0.1, 0.15) is 6.10 Å². The van der Waals surface area contributed by atoms with Crippen LogP contribution in [0.1, 0.15) is 20.3 Å². The van der Waals surface area contributed by atoms with E-state index in [1.54, 1.807) is 7.11 Å². The van der Waals surface area contributed by atoms with Crippen molar-refractivity contribution in [3.8, 4) is 6.01 Å². The van der Waals surface area contributed by atoms with Gasteiger partial charge in [-0.3, -0.25) is 0 Å². The predicted octanol–water partition coefficient (Wildman–Crippen LogP) is 1.17. The van der Waals surface area contributed by atoms with Crippen LogP contribution < -0.4 is 15.0 Å². The molecule has 0 aliphatic carbocycles. The molecule has 0 amide bonds. The van der Waals surface area contributed by atoms with Crippen molar-refractivity contribution in [2.75, 3.05) is 44.6 Å². The molecule has 0 aromatic carbocycles. The van der Waals surface area contributed by atoms with E-state index in [0.717, 1.165) is 13.0 Å². The van der Waals surface area contributed by atoms with Crippen molar-refractivity contribution in [1.82, 2.24) is 15.0 Å². The maximum absolute atomic E-state index is 5.61. The normalized spacial score (nSPS) is 12.1. The molecule has 0 bridgehead atoms. The number of nitrogens with one attached hydrogen (secondary N) is 1. The minimum Gasteiger partial charge on any atom is -0.458 e. The highest BCUT2D eigenvalue weighted by Crippen LogP contribution is 2.14. The summed E-state index contributed by atoms with van der Waals surface area (Å²) in [5.74, 6) is 1.09. The first-order valence-corrected chi connectivity index (χ1v) is 6.39. The van der Waals surface area contributed by atoms with Gasteiger partial charge in [0.05, 0.1) is 6.61 Å². The van der Waals surface area contributed by atoms with E-state index in [1.165, 1.54) is 0 Å². The van der Waals surface area contributed by atoms with E-state index < -0.39 is 0 Å². The number of hydrogen-bond donors (Lipinski definition) is 1. The topological polar surface area (TPSA) is 72.4 Å². The molecule has 1 N–H and O–H groups in total. The Morgan fingerprint density at radius 2 is 2.00 bits per heavy atom. The number of anilines is 2. The summed E-state index contributed by atoms with van der Waals surface area (Å²) in [6, 6.07) is 0.307. The lowest BCUT2D eigenvalue weighted by atomic mass is 10.4. The molecule has 1 aromatic rings. The summed E-state index contributed by atoms with van der Waals surface area (Å²) >= 11 is 0. The Morgan fingerprint density at radius 3 is 2.58 bits per heavy atom. The molecule has 0 radical (unpaired) electrons. The summed E-state index contributed by atoms with van der Waals surface area (Å²) < 4.78 is 10.6. The van der Waals surface area contributed by atoms with Crippen molar-refractivity contribution in [2.45, 2.75) is 26.4 Å². The average molecular weight is 269 g/mol. The van der Waals surface area contributed by atoms with Crippen LogP contribution in [0.4, 0.5) is 11.9 Å². The third-order valence-electron chi connectivity index (χ3n) is 2.24. The molecule has 0 aliphatic rings. The number of aromatic nitrogens is 3. The Kier molecular flexibility index (Phi) is 6.27. The molecule has 0 saturated carbocycles. The summed E-state index contributed by atoms with van der Waals surface area (Å²) in [6.07, 6.45) is 0.889. The maximum Gasteiger partial charge on any atom is 0.323 e. The number of hydrogen-bond acceptors (Lipinski definition) is 7. The molecule has 19 heavy (non-hydrogen) atoms. The predicted molar refractivity (Wildman–Crippen MR) is 74.9 cm³/mol. The second-order valence-electron chi connectivity index (χ2n) is 4.45. The van der Waals surface area contributed by atoms with Crippen LogP contribution in [0.2, 0.25) is 0 Å². The molecule has 108 valence electrons. The van der Waals surface area contributed by atoms with Crippen molar-refractivity contribution in [1.29, 1.82) is 0 Å². The van der Waals surface area contributed by atoms with Gasteiger partial charge >= 0.3 is 6.01 Å². The van der Waals surface area contributed by atoms with Crippen molar-refractivity contribution in [3.05, 3.63) is 0 Å². The fourth-order valence-electron chi connectivity index (χ4n) is 1.36. The van der Waals surface area contributed by atoms with Gasteiger partial charge in [-0.1, -0.05) is 6.92 Å². The lowest BCUT2D eigenvalue weighted by Gasteiger charge is -2.16. The minimum atomic E-state index is -0.110. The molecule has 0 saturated heterocycles. The van der Waals surface area contributed by atoms with Crippen molar-refractivity contribution in [3.63, 3.8) is 0 Å². The zero-order valence-corrected chi connectivity index (χ0v) is 12.3. The van der Waals surface area contributed by atoms with E-state index in [-0.39, 0.29) is 6.10 Å². The second kappa shape index (κ2) is 7.73. The molecule has 1 heterocycles. The fourth-order valence-corrected chi connectivity index (χ4v) is 1.36. The average Bonchev–Trinajstić information content (AvgIpc) is 2.36. The third kappa shape index (κ3) is 5.25. The number of rotatable bonds is 8. The van der Waals surface area contributed by atoms with Gasteiger partial charge in [0.25, 0.3) is 0 Å². The molecule has 1 unspecified atom stereocenters. The molecular weight excluding hydrogens is 246 g/mol. The van der Waals surface area contributed by atoms with Gasteiger partial charge in [0.15, 0.2) is 0 Å². The van der Waals surface area contributed by atoms with Crippen molar-refractivity contribution < 1.29 is 9.47 Å². The zero-order chi connectivity index (χ0) is 14.3. The van der Waals surface area contributed by atoms with Crippen molar-refractivity contribution >= 4 is 11.9 Å². The van der Waals surface area contributed by atoms with E-state index in [9.17, 15) is 0 Å². The molecule has 7 heteroatoms. The van der Waals surface area contributed by atoms with Gasteiger partial charge < -0.3 is 19.7 Å². The van der Waals surface area contributed by atoms with Gasteiger partial charge in [-0.25, -0.2) is 0 Å². The first-order chi connectivity index (χ1) is 9.06. The standard InChI is InChI=1S/C12H23N5O2/c1-6-7-13-10-14-11(17(3)4)16-12(15-10)19-9(2)8-18-5/h9H,6-8H2,1-5H3,(H,13,14,15,16). The van der Waals surface area contributed by atoms with Gasteiger partial charge in [-0.05, 0) is 13.3 Å². The van der Waals surface area contributed by atoms with Crippen LogP contribution in [0, 0.1) is 0 Å². The summed E-state index contributed by atoms with van der Waals surface area (Å²) in [5, 5.41) is 3.14. The lowest BCUT2D eigenvalue weighted by molar-refractivity contribution is 0.0855. The highest BCUT2D eigenvalue weighted by molar-refractivity contribution is 5.36. The van der Waals surface area contributed by atoms with Gasteiger partial charge in [-0.2, -0.15) is 15.0 Å². The lowest BCUT2D eigenvalue weighted by Crippen LogP contribution is -2.21. The highest BCUT2D eigenvalue weighted by atomic mass is 16.5. The Balaban J connectivity index is 2.86. The van der Waals surface area contributed by atoms with Crippen LogP contribution >= 0.6 is 0 Å². The molecule has 0 aliphatic heterocycles. The summed E-state index contributed by atoms with van der Waals surface area (Å²) in [4.78, 5) is 14.6. The molecule has 0 spiro atoms. The molecule has 1 atom stereocenters. The number of nitrogens with zero attached hydrogens (tertiary/aromatic N) is 4. The SMILES string of the molecule is CCCNc1nc(OC(C)COC)nc(N(C)C)n1. The van der Waals surface area contributed by atoms with Gasteiger partial charge in [0.2, 0.25) is 11.9 Å². The Morgan fingerprint density at radius 1 is 1.26 bits per heavy atom. The van der Waals surface area contributed by atoms with Crippen LogP contribution in [0.3, 0.4) is 0 Å². The minimum absolute atomic E-state index is 0.110. The number of methoxy groups -OCH3 is 1. The highest BCUT2D eigenvalue weighted by Gasteiger charge is 2.11. The van der Waals surface area contributed by atoms with E-state index in [0.29, 0.717) is 24.5 Å². The Labute approximate surface area is 114 Å².